The molecule has 0 aliphatic carbocycles. The molecule has 3 heteroatoms. The van der Waals surface area contributed by atoms with Crippen LogP contribution in [0.1, 0.15) is 48.0 Å². The number of nitrogens with zero attached hydrogens (tertiary/aromatic N) is 1. The van der Waals surface area contributed by atoms with Gasteiger partial charge in [0.2, 0.25) is 0 Å². The van der Waals surface area contributed by atoms with Crippen LogP contribution in [0.25, 0.3) is 0 Å². The maximum atomic E-state index is 5.69. The van der Waals surface area contributed by atoms with Crippen molar-refractivity contribution in [2.24, 2.45) is 5.41 Å². The van der Waals surface area contributed by atoms with Crippen molar-refractivity contribution in [1.82, 2.24) is 4.90 Å². The van der Waals surface area contributed by atoms with E-state index in [4.69, 9.17) is 9.47 Å². The second-order valence-electron chi connectivity index (χ2n) is 7.47. The molecule has 2 aliphatic rings. The lowest BCUT2D eigenvalue weighted by molar-refractivity contribution is -0.0667. The molecule has 0 amide bonds. The van der Waals surface area contributed by atoms with E-state index in [1.54, 1.807) is 0 Å². The molecular weight excluding hydrogens is 214 g/mol. The maximum Gasteiger partial charge on any atom is 0.147 e. The molecule has 0 spiro atoms. The summed E-state index contributed by atoms with van der Waals surface area (Å²) in [7, 11) is 0. The van der Waals surface area contributed by atoms with Crippen LogP contribution in [0.2, 0.25) is 0 Å². The van der Waals surface area contributed by atoms with Gasteiger partial charge in [0, 0.05) is 18.1 Å². The molecule has 2 saturated heterocycles. The summed E-state index contributed by atoms with van der Waals surface area (Å²) in [6.45, 7) is 15.3. The highest BCUT2D eigenvalue weighted by Gasteiger charge is 2.47. The lowest BCUT2D eigenvalue weighted by atomic mass is 9.77. The number of piperidine rings is 1. The molecule has 100 valence electrons. The number of fused-ring (bicyclic) bond motifs is 1. The van der Waals surface area contributed by atoms with Gasteiger partial charge >= 0.3 is 0 Å². The lowest BCUT2D eigenvalue weighted by Crippen LogP contribution is -2.61. The van der Waals surface area contributed by atoms with Crippen LogP contribution in [-0.4, -0.2) is 42.0 Å². The van der Waals surface area contributed by atoms with Gasteiger partial charge in [0.25, 0.3) is 0 Å². The molecule has 0 aromatic heterocycles. The Hall–Kier alpha value is -0.120. The van der Waals surface area contributed by atoms with Gasteiger partial charge in [0.15, 0.2) is 0 Å². The van der Waals surface area contributed by atoms with Crippen LogP contribution in [-0.2, 0) is 9.47 Å². The van der Waals surface area contributed by atoms with Crippen LogP contribution in [0, 0.1) is 5.41 Å². The average molecular weight is 241 g/mol. The van der Waals surface area contributed by atoms with Crippen molar-refractivity contribution in [3.8, 4) is 0 Å². The molecule has 0 N–H and O–H groups in total. The first-order chi connectivity index (χ1) is 7.69. The summed E-state index contributed by atoms with van der Waals surface area (Å²) >= 11 is 0. The van der Waals surface area contributed by atoms with Crippen LogP contribution in [0.4, 0.5) is 0 Å². The Morgan fingerprint density at radius 2 is 1.53 bits per heavy atom. The Morgan fingerprint density at radius 3 is 2.06 bits per heavy atom. The molecule has 2 aliphatic heterocycles. The van der Waals surface area contributed by atoms with Crippen molar-refractivity contribution in [2.75, 3.05) is 13.3 Å². The van der Waals surface area contributed by atoms with E-state index in [-0.39, 0.29) is 17.1 Å². The highest BCUT2D eigenvalue weighted by Crippen LogP contribution is 2.39. The number of likely N-dealkylation sites (tertiary alicyclic amines) is 1. The normalized spacial score (nSPS) is 36.0. The van der Waals surface area contributed by atoms with Crippen molar-refractivity contribution < 1.29 is 9.47 Å². The number of ether oxygens (including phenoxy) is 2. The lowest BCUT2D eigenvalue weighted by Gasteiger charge is -2.52. The third-order valence-electron chi connectivity index (χ3n) is 4.05. The molecule has 0 aromatic rings. The molecule has 0 radical (unpaired) electrons. The minimum atomic E-state index is 0.189. The van der Waals surface area contributed by atoms with Crippen LogP contribution >= 0.6 is 0 Å². The minimum Gasteiger partial charge on any atom is -0.349 e. The quantitative estimate of drug-likeness (QED) is 0.651. The first-order valence-electron chi connectivity index (χ1n) is 6.69. The zero-order valence-corrected chi connectivity index (χ0v) is 12.1. The Balaban J connectivity index is 2.21. The summed E-state index contributed by atoms with van der Waals surface area (Å²) in [6, 6.07) is 0.561. The predicted octanol–water partition coefficient (Wildman–Crippen LogP) is 2.65. The standard InChI is InChI=1S/C14H27NO2/c1-13(2,3)12-7-10-11(17-9-16-10)8-15(12)14(4,5)6/h10-12H,7-9H2,1-6H3. The third-order valence-corrected chi connectivity index (χ3v) is 4.05. The van der Waals surface area contributed by atoms with E-state index in [0.29, 0.717) is 18.9 Å². The molecular formula is C14H27NO2. The highest BCUT2D eigenvalue weighted by molar-refractivity contribution is 4.99. The van der Waals surface area contributed by atoms with Crippen molar-refractivity contribution in [3.05, 3.63) is 0 Å². The molecule has 2 rings (SSSR count). The Morgan fingerprint density at radius 1 is 0.941 bits per heavy atom. The Bertz CT molecular complexity index is 249. The van der Waals surface area contributed by atoms with Gasteiger partial charge in [-0.25, -0.2) is 0 Å². The van der Waals surface area contributed by atoms with Crippen molar-refractivity contribution in [2.45, 2.75) is 71.8 Å². The first-order valence-corrected chi connectivity index (χ1v) is 6.69. The molecule has 17 heavy (non-hydrogen) atoms. The molecule has 0 saturated carbocycles. The van der Waals surface area contributed by atoms with Crippen LogP contribution < -0.4 is 0 Å². The summed E-state index contributed by atoms with van der Waals surface area (Å²) in [4.78, 5) is 2.60. The Kier molecular flexibility index (Phi) is 3.30. The molecule has 2 heterocycles. The van der Waals surface area contributed by atoms with E-state index in [0.717, 1.165) is 13.0 Å². The fourth-order valence-electron chi connectivity index (χ4n) is 3.05. The fraction of sp³-hybridized carbons (Fsp3) is 1.00. The average Bonchev–Trinajstić information content (AvgIpc) is 2.59. The third kappa shape index (κ3) is 2.67. The molecule has 3 nitrogen and oxygen atoms in total. The maximum absolute atomic E-state index is 5.69. The molecule has 2 fully saturated rings. The van der Waals surface area contributed by atoms with E-state index in [1.165, 1.54) is 0 Å². The van der Waals surface area contributed by atoms with E-state index < -0.39 is 0 Å². The van der Waals surface area contributed by atoms with Gasteiger partial charge < -0.3 is 9.47 Å². The monoisotopic (exact) mass is 241 g/mol. The SMILES string of the molecule is CC(C)(C)C1CC2OCOC2CN1C(C)(C)C. The summed E-state index contributed by atoms with van der Waals surface area (Å²) in [6.07, 6.45) is 1.66. The largest absolute Gasteiger partial charge is 0.349 e. The number of rotatable bonds is 0. The zero-order chi connectivity index (χ0) is 12.8. The molecule has 0 bridgehead atoms. The van der Waals surface area contributed by atoms with Gasteiger partial charge in [-0.05, 0) is 32.6 Å². The molecule has 3 unspecified atom stereocenters. The second-order valence-corrected chi connectivity index (χ2v) is 7.47. The van der Waals surface area contributed by atoms with Gasteiger partial charge in [-0.15, -0.1) is 0 Å². The topological polar surface area (TPSA) is 21.7 Å². The smallest absolute Gasteiger partial charge is 0.147 e. The summed E-state index contributed by atoms with van der Waals surface area (Å²) in [5, 5.41) is 0. The number of hydrogen-bond donors (Lipinski definition) is 0. The van der Waals surface area contributed by atoms with Crippen molar-refractivity contribution in [3.63, 3.8) is 0 Å². The Labute approximate surface area is 105 Å². The summed E-state index contributed by atoms with van der Waals surface area (Å²) < 4.78 is 11.4. The van der Waals surface area contributed by atoms with Crippen molar-refractivity contribution >= 4 is 0 Å². The second kappa shape index (κ2) is 4.22. The first kappa shape index (κ1) is 13.3. The summed E-state index contributed by atoms with van der Waals surface area (Å²) in [5.74, 6) is 0. The van der Waals surface area contributed by atoms with Crippen LogP contribution in [0.3, 0.4) is 0 Å². The van der Waals surface area contributed by atoms with Gasteiger partial charge in [-0.3, -0.25) is 4.90 Å². The van der Waals surface area contributed by atoms with Gasteiger partial charge in [0.1, 0.15) is 6.79 Å². The van der Waals surface area contributed by atoms with E-state index in [9.17, 15) is 0 Å². The summed E-state index contributed by atoms with van der Waals surface area (Å²) in [5.41, 5.74) is 0.471. The molecule has 0 aromatic carbocycles. The number of hydrogen-bond acceptors (Lipinski definition) is 3. The van der Waals surface area contributed by atoms with Gasteiger partial charge in [0.05, 0.1) is 12.2 Å². The predicted molar refractivity (Wildman–Crippen MR) is 68.9 cm³/mol. The van der Waals surface area contributed by atoms with Gasteiger partial charge in [-0.1, -0.05) is 20.8 Å². The highest BCUT2D eigenvalue weighted by atomic mass is 16.7. The van der Waals surface area contributed by atoms with E-state index >= 15 is 0 Å². The fourth-order valence-corrected chi connectivity index (χ4v) is 3.05. The van der Waals surface area contributed by atoms with E-state index in [1.807, 2.05) is 0 Å². The zero-order valence-electron chi connectivity index (χ0n) is 12.1. The van der Waals surface area contributed by atoms with Crippen LogP contribution in [0.15, 0.2) is 0 Å². The molecule has 3 atom stereocenters. The minimum absolute atomic E-state index is 0.189. The van der Waals surface area contributed by atoms with Crippen LogP contribution in [0.5, 0.6) is 0 Å². The van der Waals surface area contributed by atoms with E-state index in [2.05, 4.69) is 46.4 Å². The van der Waals surface area contributed by atoms with Crippen molar-refractivity contribution in [1.29, 1.82) is 0 Å². The van der Waals surface area contributed by atoms with Gasteiger partial charge in [-0.2, -0.15) is 0 Å².